The molecule has 0 aromatic heterocycles. The van der Waals surface area contributed by atoms with Crippen molar-refractivity contribution < 1.29 is 19.4 Å². The summed E-state index contributed by atoms with van der Waals surface area (Å²) in [5.74, 6) is -1.75. The Morgan fingerprint density at radius 1 is 1.15 bits per heavy atom. The van der Waals surface area contributed by atoms with Gasteiger partial charge in [-0.3, -0.25) is 9.59 Å². The zero-order chi connectivity index (χ0) is 18.7. The van der Waals surface area contributed by atoms with Crippen LogP contribution >= 0.6 is 0 Å². The van der Waals surface area contributed by atoms with E-state index in [4.69, 9.17) is 4.74 Å². The van der Waals surface area contributed by atoms with Crippen LogP contribution in [0.15, 0.2) is 48.5 Å². The highest BCUT2D eigenvalue weighted by Gasteiger charge is 2.32. The lowest BCUT2D eigenvalue weighted by atomic mass is 9.89. The third-order valence-electron chi connectivity index (χ3n) is 4.56. The van der Waals surface area contributed by atoms with Gasteiger partial charge in [0.2, 0.25) is 0 Å². The lowest BCUT2D eigenvalue weighted by Gasteiger charge is -2.33. The van der Waals surface area contributed by atoms with E-state index < -0.39 is 11.9 Å². The van der Waals surface area contributed by atoms with E-state index >= 15 is 0 Å². The molecule has 26 heavy (non-hydrogen) atoms. The third-order valence-corrected chi connectivity index (χ3v) is 4.56. The van der Waals surface area contributed by atoms with Crippen LogP contribution in [-0.2, 0) is 22.7 Å². The van der Waals surface area contributed by atoms with Crippen LogP contribution in [0.25, 0.3) is 0 Å². The third kappa shape index (κ3) is 3.94. The van der Waals surface area contributed by atoms with Crippen molar-refractivity contribution in [2.45, 2.75) is 39.0 Å². The van der Waals surface area contributed by atoms with E-state index in [-0.39, 0.29) is 18.6 Å². The summed E-state index contributed by atoms with van der Waals surface area (Å²) < 4.78 is 5.56. The fraction of sp³-hybridized carbons (Fsp3) is 0.333. The summed E-state index contributed by atoms with van der Waals surface area (Å²) in [6.45, 7) is 5.07. The highest BCUT2D eigenvalue weighted by atomic mass is 16.5. The fourth-order valence-electron chi connectivity index (χ4n) is 3.16. The number of carboxylic acids is 1. The molecule has 0 bridgehead atoms. The standard InChI is InChI=1S/C21H23NO4/c1-14(2)26-13-15-7-9-16(10-8-15)20(23)22-11-17-5-3-4-6-18(17)19(12-22)21(24)25/h3-10,14,19H,11-13H2,1-2H3,(H,24,25). The van der Waals surface area contributed by atoms with Crippen LogP contribution in [0.3, 0.4) is 0 Å². The Balaban J connectivity index is 1.77. The number of carbonyl (C=O) groups excluding carboxylic acids is 1. The number of nitrogens with zero attached hydrogens (tertiary/aromatic N) is 1. The zero-order valence-electron chi connectivity index (χ0n) is 15.0. The van der Waals surface area contributed by atoms with Gasteiger partial charge in [0.05, 0.1) is 18.6 Å². The average molecular weight is 353 g/mol. The van der Waals surface area contributed by atoms with Gasteiger partial charge in [-0.1, -0.05) is 36.4 Å². The highest BCUT2D eigenvalue weighted by molar-refractivity contribution is 5.95. The number of hydrogen-bond acceptors (Lipinski definition) is 3. The number of fused-ring (bicyclic) bond motifs is 1. The van der Waals surface area contributed by atoms with Crippen LogP contribution in [0.1, 0.15) is 46.8 Å². The van der Waals surface area contributed by atoms with E-state index in [1.54, 1.807) is 17.0 Å². The molecule has 136 valence electrons. The molecule has 0 aliphatic carbocycles. The first-order valence-corrected chi connectivity index (χ1v) is 8.76. The zero-order valence-corrected chi connectivity index (χ0v) is 15.0. The monoisotopic (exact) mass is 353 g/mol. The molecule has 1 N–H and O–H groups in total. The number of ether oxygens (including phenoxy) is 1. The molecule has 5 nitrogen and oxygen atoms in total. The molecule has 0 spiro atoms. The molecule has 0 fully saturated rings. The van der Waals surface area contributed by atoms with E-state index in [9.17, 15) is 14.7 Å². The number of amides is 1. The number of aliphatic carboxylic acids is 1. The molecule has 1 aliphatic rings. The smallest absolute Gasteiger partial charge is 0.312 e. The highest BCUT2D eigenvalue weighted by Crippen LogP contribution is 2.29. The van der Waals surface area contributed by atoms with Gasteiger partial charge in [0.1, 0.15) is 0 Å². The Morgan fingerprint density at radius 3 is 2.50 bits per heavy atom. The number of carboxylic acid groups (broad SMARTS) is 1. The van der Waals surface area contributed by atoms with Gasteiger partial charge in [-0.25, -0.2) is 0 Å². The summed E-state index contributed by atoms with van der Waals surface area (Å²) in [6.07, 6.45) is 0.151. The molecule has 1 heterocycles. The van der Waals surface area contributed by atoms with E-state index in [0.29, 0.717) is 18.7 Å². The molecule has 2 aromatic carbocycles. The topological polar surface area (TPSA) is 66.8 Å². The molecular formula is C21H23NO4. The largest absolute Gasteiger partial charge is 0.481 e. The van der Waals surface area contributed by atoms with E-state index in [1.165, 1.54) is 0 Å². The summed E-state index contributed by atoms with van der Waals surface area (Å²) in [7, 11) is 0. The molecule has 5 heteroatoms. The van der Waals surface area contributed by atoms with Gasteiger partial charge in [0.15, 0.2) is 0 Å². The van der Waals surface area contributed by atoms with Crippen molar-refractivity contribution in [2.24, 2.45) is 0 Å². The minimum atomic E-state index is -0.906. The van der Waals surface area contributed by atoms with Gasteiger partial charge in [0.25, 0.3) is 5.91 Å². The Morgan fingerprint density at radius 2 is 1.85 bits per heavy atom. The van der Waals surface area contributed by atoms with Gasteiger partial charge >= 0.3 is 5.97 Å². The molecular weight excluding hydrogens is 330 g/mol. The maximum absolute atomic E-state index is 12.9. The van der Waals surface area contributed by atoms with E-state index in [1.807, 2.05) is 50.2 Å². The molecule has 1 aliphatic heterocycles. The van der Waals surface area contributed by atoms with Crippen LogP contribution in [0.5, 0.6) is 0 Å². The minimum absolute atomic E-state index is 0.151. The van der Waals surface area contributed by atoms with Gasteiger partial charge in [-0.2, -0.15) is 0 Å². The first kappa shape index (κ1) is 18.1. The Kier molecular flexibility index (Phi) is 5.38. The second kappa shape index (κ2) is 7.70. The van der Waals surface area contributed by atoms with E-state index in [0.717, 1.165) is 16.7 Å². The number of rotatable bonds is 5. The van der Waals surface area contributed by atoms with Crippen molar-refractivity contribution in [1.29, 1.82) is 0 Å². The Labute approximate surface area is 153 Å². The van der Waals surface area contributed by atoms with Crippen molar-refractivity contribution in [3.8, 4) is 0 Å². The second-order valence-electron chi connectivity index (χ2n) is 6.83. The molecule has 1 atom stereocenters. The molecule has 2 aromatic rings. The Hall–Kier alpha value is -2.66. The van der Waals surface area contributed by atoms with Crippen molar-refractivity contribution in [3.63, 3.8) is 0 Å². The second-order valence-corrected chi connectivity index (χ2v) is 6.83. The van der Waals surface area contributed by atoms with Crippen LogP contribution in [0.2, 0.25) is 0 Å². The van der Waals surface area contributed by atoms with Gasteiger partial charge in [-0.05, 0) is 42.7 Å². The summed E-state index contributed by atoms with van der Waals surface area (Å²) in [5, 5.41) is 9.54. The minimum Gasteiger partial charge on any atom is -0.481 e. The Bertz CT molecular complexity index is 798. The lowest BCUT2D eigenvalue weighted by Crippen LogP contribution is -2.40. The predicted octanol–water partition coefficient (Wildman–Crippen LogP) is 3.44. The molecule has 1 unspecified atom stereocenters. The van der Waals surface area contributed by atoms with Gasteiger partial charge < -0.3 is 14.7 Å². The fourth-order valence-corrected chi connectivity index (χ4v) is 3.16. The quantitative estimate of drug-likeness (QED) is 0.894. The first-order valence-electron chi connectivity index (χ1n) is 8.76. The van der Waals surface area contributed by atoms with E-state index in [2.05, 4.69) is 0 Å². The predicted molar refractivity (Wildman–Crippen MR) is 97.9 cm³/mol. The van der Waals surface area contributed by atoms with Crippen LogP contribution in [0.4, 0.5) is 0 Å². The van der Waals surface area contributed by atoms with Crippen molar-refractivity contribution in [1.82, 2.24) is 4.90 Å². The maximum Gasteiger partial charge on any atom is 0.312 e. The number of hydrogen-bond donors (Lipinski definition) is 1. The summed E-state index contributed by atoms with van der Waals surface area (Å²) in [5.41, 5.74) is 3.25. The van der Waals surface area contributed by atoms with Crippen molar-refractivity contribution >= 4 is 11.9 Å². The molecule has 0 saturated carbocycles. The van der Waals surface area contributed by atoms with Crippen LogP contribution in [-0.4, -0.2) is 34.5 Å². The average Bonchev–Trinajstić information content (AvgIpc) is 2.65. The van der Waals surface area contributed by atoms with Crippen molar-refractivity contribution in [3.05, 3.63) is 70.8 Å². The maximum atomic E-state index is 12.9. The molecule has 3 rings (SSSR count). The summed E-state index contributed by atoms with van der Waals surface area (Å²) in [4.78, 5) is 26.1. The number of carbonyl (C=O) groups is 2. The van der Waals surface area contributed by atoms with Crippen molar-refractivity contribution in [2.75, 3.05) is 6.54 Å². The lowest BCUT2D eigenvalue weighted by molar-refractivity contribution is -0.139. The van der Waals surface area contributed by atoms with Crippen LogP contribution < -0.4 is 0 Å². The summed E-state index contributed by atoms with van der Waals surface area (Å²) >= 11 is 0. The van der Waals surface area contributed by atoms with Gasteiger partial charge in [-0.15, -0.1) is 0 Å². The SMILES string of the molecule is CC(C)OCc1ccc(C(=O)N2Cc3ccccc3C(C(=O)O)C2)cc1. The normalized spacial score (nSPS) is 16.4. The molecule has 0 saturated heterocycles. The molecule has 1 amide bonds. The molecule has 0 radical (unpaired) electrons. The summed E-state index contributed by atoms with van der Waals surface area (Å²) in [6, 6.07) is 14.7. The van der Waals surface area contributed by atoms with Crippen LogP contribution in [0, 0.1) is 0 Å². The number of benzene rings is 2. The van der Waals surface area contributed by atoms with Gasteiger partial charge in [0, 0.05) is 18.7 Å². The first-order chi connectivity index (χ1) is 12.5.